The first kappa shape index (κ1) is 15.4. The number of ether oxygens (including phenoxy) is 1. The molecule has 0 radical (unpaired) electrons. The Morgan fingerprint density at radius 1 is 1.26 bits per heavy atom. The van der Waals surface area contributed by atoms with Gasteiger partial charge >= 0.3 is 6.01 Å². The van der Waals surface area contributed by atoms with Gasteiger partial charge in [-0.05, 0) is 12.5 Å². The average Bonchev–Trinajstić information content (AvgIpc) is 3.10. The Labute approximate surface area is 134 Å². The molecule has 122 valence electrons. The molecule has 0 saturated carbocycles. The molecular formula is C15H20N6O2. The summed E-state index contributed by atoms with van der Waals surface area (Å²) in [7, 11) is 0. The first-order valence-corrected chi connectivity index (χ1v) is 7.85. The normalized spacial score (nSPS) is 15.6. The zero-order valence-electron chi connectivity index (χ0n) is 12.9. The molecule has 1 saturated heterocycles. The molecule has 3 rings (SSSR count). The quantitative estimate of drug-likeness (QED) is 0.787. The Morgan fingerprint density at radius 3 is 2.74 bits per heavy atom. The minimum atomic E-state index is 0.0802. The van der Waals surface area contributed by atoms with E-state index in [4.69, 9.17) is 4.74 Å². The van der Waals surface area contributed by atoms with Gasteiger partial charge in [0, 0.05) is 51.3 Å². The number of aromatic nitrogens is 5. The Hall–Kier alpha value is -2.51. The van der Waals surface area contributed by atoms with E-state index in [2.05, 4.69) is 20.1 Å². The average molecular weight is 316 g/mol. The fourth-order valence-corrected chi connectivity index (χ4v) is 2.62. The van der Waals surface area contributed by atoms with Crippen LogP contribution in [-0.2, 0) is 11.3 Å². The van der Waals surface area contributed by atoms with Crippen LogP contribution in [0.3, 0.4) is 0 Å². The van der Waals surface area contributed by atoms with Gasteiger partial charge in [-0.3, -0.25) is 9.48 Å². The third-order valence-corrected chi connectivity index (χ3v) is 3.85. The van der Waals surface area contributed by atoms with Crippen molar-refractivity contribution >= 4 is 5.91 Å². The second kappa shape index (κ2) is 7.66. The Balaban J connectivity index is 1.37. The zero-order valence-corrected chi connectivity index (χ0v) is 12.9. The van der Waals surface area contributed by atoms with Crippen molar-refractivity contribution in [3.05, 3.63) is 31.1 Å². The lowest BCUT2D eigenvalue weighted by atomic mass is 10.1. The van der Waals surface area contributed by atoms with E-state index >= 15 is 0 Å². The zero-order chi connectivity index (χ0) is 15.9. The van der Waals surface area contributed by atoms with Crippen LogP contribution >= 0.6 is 0 Å². The van der Waals surface area contributed by atoms with Crippen LogP contribution in [-0.4, -0.2) is 54.7 Å². The topological polar surface area (TPSA) is 86.0 Å². The SMILES string of the molecule is O=C(CCCn1cncn1)N1CCC(Oc2ncccn2)CC1. The molecule has 0 aliphatic carbocycles. The molecule has 2 aromatic heterocycles. The van der Waals surface area contributed by atoms with Crippen LogP contribution < -0.4 is 4.74 Å². The Morgan fingerprint density at radius 2 is 2.04 bits per heavy atom. The van der Waals surface area contributed by atoms with Gasteiger partial charge in [-0.1, -0.05) is 0 Å². The molecule has 1 aliphatic heterocycles. The maximum Gasteiger partial charge on any atom is 0.316 e. The predicted octanol–water partition coefficient (Wildman–Crippen LogP) is 0.918. The van der Waals surface area contributed by atoms with Crippen molar-refractivity contribution in [3.8, 4) is 6.01 Å². The summed E-state index contributed by atoms with van der Waals surface area (Å²) in [6.07, 6.45) is 9.51. The fourth-order valence-electron chi connectivity index (χ4n) is 2.62. The Kier molecular flexibility index (Phi) is 5.13. The minimum Gasteiger partial charge on any atom is -0.460 e. The van der Waals surface area contributed by atoms with Crippen LogP contribution in [0.15, 0.2) is 31.1 Å². The molecule has 1 amide bonds. The van der Waals surface area contributed by atoms with E-state index in [-0.39, 0.29) is 12.0 Å². The van der Waals surface area contributed by atoms with E-state index in [1.165, 1.54) is 6.33 Å². The summed E-state index contributed by atoms with van der Waals surface area (Å²) in [5.74, 6) is 0.194. The van der Waals surface area contributed by atoms with Crippen molar-refractivity contribution in [2.75, 3.05) is 13.1 Å². The number of amides is 1. The lowest BCUT2D eigenvalue weighted by Crippen LogP contribution is -2.41. The number of hydrogen-bond donors (Lipinski definition) is 0. The molecule has 1 fully saturated rings. The van der Waals surface area contributed by atoms with Gasteiger partial charge in [-0.2, -0.15) is 5.10 Å². The van der Waals surface area contributed by atoms with Crippen LogP contribution in [0, 0.1) is 0 Å². The highest BCUT2D eigenvalue weighted by Gasteiger charge is 2.24. The summed E-state index contributed by atoms with van der Waals surface area (Å²) in [4.78, 5) is 26.1. The van der Waals surface area contributed by atoms with Crippen LogP contribution in [0.5, 0.6) is 6.01 Å². The van der Waals surface area contributed by atoms with Crippen molar-refractivity contribution in [3.63, 3.8) is 0 Å². The fraction of sp³-hybridized carbons (Fsp3) is 0.533. The number of piperidine rings is 1. The summed E-state index contributed by atoms with van der Waals surface area (Å²) in [5, 5.41) is 4.03. The number of likely N-dealkylation sites (tertiary alicyclic amines) is 1. The van der Waals surface area contributed by atoms with E-state index in [0.717, 1.165) is 38.9 Å². The molecule has 3 heterocycles. The van der Waals surface area contributed by atoms with Crippen molar-refractivity contribution in [2.24, 2.45) is 0 Å². The van der Waals surface area contributed by atoms with Crippen molar-refractivity contribution in [1.29, 1.82) is 0 Å². The molecule has 0 bridgehead atoms. The molecule has 0 N–H and O–H groups in total. The molecule has 8 nitrogen and oxygen atoms in total. The molecule has 2 aromatic rings. The second-order valence-electron chi connectivity index (χ2n) is 5.49. The summed E-state index contributed by atoms with van der Waals surface area (Å²) >= 11 is 0. The van der Waals surface area contributed by atoms with Crippen molar-refractivity contribution in [2.45, 2.75) is 38.3 Å². The molecule has 8 heteroatoms. The molecule has 0 unspecified atom stereocenters. The smallest absolute Gasteiger partial charge is 0.316 e. The van der Waals surface area contributed by atoms with Gasteiger partial charge < -0.3 is 9.64 Å². The Bertz CT molecular complexity index is 596. The number of carbonyl (C=O) groups is 1. The van der Waals surface area contributed by atoms with E-state index in [1.807, 2.05) is 4.90 Å². The number of aryl methyl sites for hydroxylation is 1. The maximum atomic E-state index is 12.2. The van der Waals surface area contributed by atoms with Gasteiger partial charge in [0.1, 0.15) is 18.8 Å². The largest absolute Gasteiger partial charge is 0.460 e. The monoisotopic (exact) mass is 316 g/mol. The first-order chi connectivity index (χ1) is 11.3. The third kappa shape index (κ3) is 4.48. The summed E-state index contributed by atoms with van der Waals surface area (Å²) in [6.45, 7) is 2.16. The summed E-state index contributed by atoms with van der Waals surface area (Å²) in [6, 6.07) is 2.16. The minimum absolute atomic E-state index is 0.0802. The molecule has 0 atom stereocenters. The standard InChI is InChI=1S/C15H20N6O2/c22-14(3-1-8-21-12-16-11-19-21)20-9-4-13(5-10-20)23-15-17-6-2-7-18-15/h2,6-7,11-13H,1,3-5,8-10H2. The number of rotatable bonds is 6. The number of hydrogen-bond acceptors (Lipinski definition) is 6. The van der Waals surface area contributed by atoms with E-state index in [9.17, 15) is 4.79 Å². The summed E-state index contributed by atoms with van der Waals surface area (Å²) < 4.78 is 7.48. The van der Waals surface area contributed by atoms with Crippen molar-refractivity contribution in [1.82, 2.24) is 29.6 Å². The van der Waals surface area contributed by atoms with Gasteiger partial charge in [0.2, 0.25) is 5.91 Å². The van der Waals surface area contributed by atoms with Gasteiger partial charge in [-0.25, -0.2) is 15.0 Å². The highest BCUT2D eigenvalue weighted by atomic mass is 16.5. The highest BCUT2D eigenvalue weighted by molar-refractivity contribution is 5.76. The summed E-state index contributed by atoms with van der Waals surface area (Å²) in [5.41, 5.74) is 0. The first-order valence-electron chi connectivity index (χ1n) is 7.85. The lowest BCUT2D eigenvalue weighted by molar-refractivity contribution is -0.133. The van der Waals surface area contributed by atoms with Crippen LogP contribution in [0.4, 0.5) is 0 Å². The van der Waals surface area contributed by atoms with Gasteiger partial charge in [0.15, 0.2) is 0 Å². The van der Waals surface area contributed by atoms with Crippen LogP contribution in [0.25, 0.3) is 0 Å². The second-order valence-corrected chi connectivity index (χ2v) is 5.49. The van der Waals surface area contributed by atoms with Gasteiger partial charge in [0.05, 0.1) is 0 Å². The number of nitrogens with zero attached hydrogens (tertiary/aromatic N) is 6. The predicted molar refractivity (Wildman–Crippen MR) is 81.5 cm³/mol. The maximum absolute atomic E-state index is 12.2. The molecular weight excluding hydrogens is 296 g/mol. The van der Waals surface area contributed by atoms with E-state index in [1.54, 1.807) is 29.5 Å². The van der Waals surface area contributed by atoms with Crippen LogP contribution in [0.1, 0.15) is 25.7 Å². The van der Waals surface area contributed by atoms with E-state index < -0.39 is 0 Å². The molecule has 0 aromatic carbocycles. The molecule has 23 heavy (non-hydrogen) atoms. The number of carbonyl (C=O) groups excluding carboxylic acids is 1. The van der Waals surface area contributed by atoms with Crippen LogP contribution in [0.2, 0.25) is 0 Å². The van der Waals surface area contributed by atoms with Gasteiger partial charge in [-0.15, -0.1) is 0 Å². The van der Waals surface area contributed by atoms with Crippen molar-refractivity contribution < 1.29 is 9.53 Å². The molecule has 0 spiro atoms. The molecule has 1 aliphatic rings. The lowest BCUT2D eigenvalue weighted by Gasteiger charge is -2.31. The van der Waals surface area contributed by atoms with E-state index in [0.29, 0.717) is 12.4 Å². The highest BCUT2D eigenvalue weighted by Crippen LogP contribution is 2.16. The third-order valence-electron chi connectivity index (χ3n) is 3.85. The van der Waals surface area contributed by atoms with Gasteiger partial charge in [0.25, 0.3) is 0 Å².